The van der Waals surface area contributed by atoms with Crippen LogP contribution in [-0.4, -0.2) is 26.9 Å². The molecule has 0 atom stereocenters. The van der Waals surface area contributed by atoms with Gasteiger partial charge in [0.25, 0.3) is 11.8 Å². The average molecular weight is 536 g/mol. The molecule has 2 amide bonds. The summed E-state index contributed by atoms with van der Waals surface area (Å²) in [4.78, 5) is 42.5. The van der Waals surface area contributed by atoms with E-state index >= 15 is 0 Å². The van der Waals surface area contributed by atoms with Crippen LogP contribution in [0.4, 0.5) is 15.8 Å². The Labute approximate surface area is 204 Å². The Bertz CT molecular complexity index is 1660. The number of hydrogen-bond acceptors (Lipinski definition) is 5. The fourth-order valence-electron chi connectivity index (χ4n) is 3.56. The molecule has 9 nitrogen and oxygen atoms in total. The van der Waals surface area contributed by atoms with Gasteiger partial charge in [0, 0.05) is 21.0 Å². The van der Waals surface area contributed by atoms with Crippen molar-refractivity contribution >= 4 is 50.0 Å². The molecule has 5 aromatic rings. The van der Waals surface area contributed by atoms with Crippen molar-refractivity contribution in [2.24, 2.45) is 0 Å². The zero-order valence-corrected chi connectivity index (χ0v) is 19.3. The van der Waals surface area contributed by atoms with Crippen molar-refractivity contribution < 1.29 is 18.5 Å². The van der Waals surface area contributed by atoms with E-state index < -0.39 is 23.4 Å². The number of nitrogens with one attached hydrogen (secondary N) is 4. The van der Waals surface area contributed by atoms with Gasteiger partial charge in [-0.2, -0.15) is 0 Å². The van der Waals surface area contributed by atoms with Crippen molar-refractivity contribution in [1.82, 2.24) is 15.1 Å². The molecule has 0 radical (unpaired) electrons. The summed E-state index contributed by atoms with van der Waals surface area (Å²) in [7, 11) is 0. The lowest BCUT2D eigenvalue weighted by Crippen LogP contribution is -2.14. The van der Waals surface area contributed by atoms with E-state index in [4.69, 9.17) is 0 Å². The van der Waals surface area contributed by atoms with Crippen LogP contribution in [0.15, 0.2) is 80.5 Å². The Morgan fingerprint density at radius 1 is 0.914 bits per heavy atom. The molecule has 0 spiro atoms. The number of carbonyl (C=O) groups is 2. The molecule has 11 heteroatoms. The molecule has 0 saturated heterocycles. The summed E-state index contributed by atoms with van der Waals surface area (Å²) in [5.74, 6) is -2.03. The van der Waals surface area contributed by atoms with Gasteiger partial charge in [0.2, 0.25) is 0 Å². The van der Waals surface area contributed by atoms with Gasteiger partial charge in [-0.15, -0.1) is 0 Å². The number of H-pyrrole nitrogens is 2. The summed E-state index contributed by atoms with van der Waals surface area (Å²) in [6.45, 7) is 0. The smallest absolute Gasteiger partial charge is 0.349 e. The van der Waals surface area contributed by atoms with Gasteiger partial charge >= 0.3 is 5.76 Å². The minimum Gasteiger partial charge on any atom is -0.349 e. The number of amides is 2. The highest BCUT2D eigenvalue weighted by Gasteiger charge is 2.17. The predicted octanol–water partition coefficient (Wildman–Crippen LogP) is 4.92. The number of rotatable bonds is 5. The summed E-state index contributed by atoms with van der Waals surface area (Å²) in [5.41, 5.74) is 2.19. The van der Waals surface area contributed by atoms with Crippen LogP contribution < -0.4 is 16.4 Å². The van der Waals surface area contributed by atoms with Gasteiger partial charge in [0.05, 0.1) is 16.9 Å². The molecule has 0 bridgehead atoms. The number of halogens is 2. The second-order valence-corrected chi connectivity index (χ2v) is 8.42. The first-order valence-corrected chi connectivity index (χ1v) is 11.0. The van der Waals surface area contributed by atoms with E-state index in [2.05, 4.69) is 46.2 Å². The molecule has 5 rings (SSSR count). The number of anilines is 2. The largest absolute Gasteiger partial charge is 0.439 e. The van der Waals surface area contributed by atoms with Crippen LogP contribution in [0.1, 0.15) is 20.8 Å². The number of para-hydroxylation sites is 1. The summed E-state index contributed by atoms with van der Waals surface area (Å²) < 4.78 is 18.8. The second-order valence-electron chi connectivity index (χ2n) is 7.50. The highest BCUT2D eigenvalue weighted by atomic mass is 79.9. The van der Waals surface area contributed by atoms with E-state index in [1.807, 2.05) is 0 Å². The van der Waals surface area contributed by atoms with Gasteiger partial charge in [-0.05, 0) is 48.5 Å². The molecule has 0 unspecified atom stereocenters. The Hall–Kier alpha value is -4.51. The molecule has 35 heavy (non-hydrogen) atoms. The first-order chi connectivity index (χ1) is 16.9. The maximum atomic E-state index is 13.5. The number of carbonyl (C=O) groups excluding carboxylic acids is 2. The van der Waals surface area contributed by atoms with Crippen molar-refractivity contribution in [2.45, 2.75) is 0 Å². The summed E-state index contributed by atoms with van der Waals surface area (Å²) in [6.07, 6.45) is 0. The Balaban J connectivity index is 1.43. The Morgan fingerprint density at radius 3 is 2.49 bits per heavy atom. The number of aromatic amines is 2. The van der Waals surface area contributed by atoms with Crippen LogP contribution in [0.3, 0.4) is 0 Å². The molecular weight excluding hydrogens is 521 g/mol. The number of aromatic nitrogens is 3. The maximum Gasteiger partial charge on any atom is 0.439 e. The molecule has 4 N–H and O–H groups in total. The molecule has 0 fully saturated rings. The predicted molar refractivity (Wildman–Crippen MR) is 131 cm³/mol. The highest BCUT2D eigenvalue weighted by Crippen LogP contribution is 2.30. The minimum atomic E-state index is -0.722. The molecule has 2 heterocycles. The Kier molecular flexibility index (Phi) is 5.75. The standard InChI is InChI=1S/C24H15BrFN5O4/c25-14-7-8-17(16(11-14)21-30-24(34)35-31-21)28-23(33)19-10-12-3-2-6-18(20(12)27-19)29-22(32)13-4-1-5-15(26)9-13/h1-11,27H,(H,28,33)(H,29,32)(H,30,31,34). The number of nitrogens with zero attached hydrogens (tertiary/aromatic N) is 1. The van der Waals surface area contributed by atoms with Crippen LogP contribution >= 0.6 is 15.9 Å². The van der Waals surface area contributed by atoms with E-state index in [1.165, 1.54) is 18.2 Å². The fourth-order valence-corrected chi connectivity index (χ4v) is 3.92. The topological polar surface area (TPSA) is 133 Å². The lowest BCUT2D eigenvalue weighted by Gasteiger charge is -2.09. The van der Waals surface area contributed by atoms with Crippen LogP contribution in [0.5, 0.6) is 0 Å². The van der Waals surface area contributed by atoms with E-state index in [0.29, 0.717) is 32.3 Å². The van der Waals surface area contributed by atoms with Crippen molar-refractivity contribution in [3.8, 4) is 11.4 Å². The number of benzene rings is 3. The first-order valence-electron chi connectivity index (χ1n) is 10.2. The van der Waals surface area contributed by atoms with Crippen LogP contribution in [0, 0.1) is 5.82 Å². The van der Waals surface area contributed by atoms with E-state index in [-0.39, 0.29) is 17.1 Å². The monoisotopic (exact) mass is 535 g/mol. The van der Waals surface area contributed by atoms with Gasteiger partial charge in [0.1, 0.15) is 11.5 Å². The average Bonchev–Trinajstić information content (AvgIpc) is 3.47. The lowest BCUT2D eigenvalue weighted by molar-refractivity contribution is 0.101. The third-order valence-corrected chi connectivity index (χ3v) is 5.65. The lowest BCUT2D eigenvalue weighted by atomic mass is 10.1. The number of fused-ring (bicyclic) bond motifs is 1. The molecule has 3 aromatic carbocycles. The summed E-state index contributed by atoms with van der Waals surface area (Å²) in [5, 5.41) is 9.90. The first kappa shape index (κ1) is 22.3. The van der Waals surface area contributed by atoms with Crippen LogP contribution in [0.25, 0.3) is 22.3 Å². The van der Waals surface area contributed by atoms with Crippen molar-refractivity contribution in [3.63, 3.8) is 0 Å². The molecule has 0 saturated carbocycles. The summed E-state index contributed by atoms with van der Waals surface area (Å²) >= 11 is 3.36. The van der Waals surface area contributed by atoms with Crippen LogP contribution in [0.2, 0.25) is 0 Å². The normalized spacial score (nSPS) is 10.9. The highest BCUT2D eigenvalue weighted by molar-refractivity contribution is 9.10. The van der Waals surface area contributed by atoms with Gasteiger partial charge < -0.3 is 15.6 Å². The fraction of sp³-hybridized carbons (Fsp3) is 0. The second kappa shape index (κ2) is 9.03. The maximum absolute atomic E-state index is 13.5. The molecular formula is C24H15BrFN5O4. The molecule has 0 aliphatic rings. The minimum absolute atomic E-state index is 0.158. The third kappa shape index (κ3) is 4.62. The SMILES string of the molecule is O=C(Nc1cccc2cc(C(=O)Nc3ccc(Br)cc3-c3noc(=O)[nH]3)[nH]c12)c1cccc(F)c1. The van der Waals surface area contributed by atoms with Crippen molar-refractivity contribution in [3.05, 3.63) is 98.8 Å². The molecule has 174 valence electrons. The zero-order valence-electron chi connectivity index (χ0n) is 17.7. The van der Waals surface area contributed by atoms with Gasteiger partial charge in [-0.3, -0.25) is 19.1 Å². The zero-order chi connectivity index (χ0) is 24.5. The third-order valence-electron chi connectivity index (χ3n) is 5.16. The van der Waals surface area contributed by atoms with Crippen LogP contribution in [-0.2, 0) is 0 Å². The summed E-state index contributed by atoms with van der Waals surface area (Å²) in [6, 6.07) is 17.2. The van der Waals surface area contributed by atoms with Gasteiger partial charge in [0.15, 0.2) is 5.82 Å². The molecule has 0 aliphatic heterocycles. The van der Waals surface area contributed by atoms with Gasteiger partial charge in [-0.25, -0.2) is 9.18 Å². The van der Waals surface area contributed by atoms with Gasteiger partial charge in [-0.1, -0.05) is 39.3 Å². The molecule has 0 aliphatic carbocycles. The van der Waals surface area contributed by atoms with E-state index in [1.54, 1.807) is 42.5 Å². The number of hydrogen-bond donors (Lipinski definition) is 4. The van der Waals surface area contributed by atoms with Crippen molar-refractivity contribution in [2.75, 3.05) is 10.6 Å². The molecule has 2 aromatic heterocycles. The van der Waals surface area contributed by atoms with Crippen molar-refractivity contribution in [1.29, 1.82) is 0 Å². The Morgan fingerprint density at radius 2 is 1.71 bits per heavy atom. The van der Waals surface area contributed by atoms with E-state index in [9.17, 15) is 18.8 Å². The quantitative estimate of drug-likeness (QED) is 0.253. The van der Waals surface area contributed by atoms with E-state index in [0.717, 1.165) is 6.07 Å².